The number of imidazole rings is 1. The van der Waals surface area contributed by atoms with Crippen LogP contribution in [0.25, 0.3) is 11.0 Å². The van der Waals surface area contributed by atoms with E-state index < -0.39 is 0 Å². The van der Waals surface area contributed by atoms with Gasteiger partial charge in [-0.1, -0.05) is 26.0 Å². The van der Waals surface area contributed by atoms with Gasteiger partial charge in [0.2, 0.25) is 0 Å². The average molecular weight is 217 g/mol. The van der Waals surface area contributed by atoms with E-state index in [2.05, 4.69) is 42.1 Å². The number of hydrogen-bond acceptors (Lipinski definition) is 2. The van der Waals surface area contributed by atoms with Crippen LogP contribution in [0, 0.1) is 5.92 Å². The molecule has 1 aromatic heterocycles. The number of benzene rings is 1. The van der Waals surface area contributed by atoms with Gasteiger partial charge in [0.1, 0.15) is 5.82 Å². The van der Waals surface area contributed by atoms with Crippen LogP contribution in [0.4, 0.5) is 0 Å². The van der Waals surface area contributed by atoms with Crippen LogP contribution in [0.3, 0.4) is 0 Å². The minimum atomic E-state index is 0.508. The second-order valence-electron chi connectivity index (χ2n) is 4.61. The Labute approximate surface area is 96.3 Å². The maximum absolute atomic E-state index is 4.53. The van der Waals surface area contributed by atoms with Gasteiger partial charge in [0.15, 0.2) is 0 Å². The maximum Gasteiger partial charge on any atom is 0.121 e. The fourth-order valence-corrected chi connectivity index (χ4v) is 1.58. The molecule has 0 saturated heterocycles. The molecule has 1 heterocycles. The molecule has 2 N–H and O–H groups in total. The van der Waals surface area contributed by atoms with Crippen LogP contribution in [0.15, 0.2) is 24.3 Å². The first-order valence-corrected chi connectivity index (χ1v) is 5.84. The minimum absolute atomic E-state index is 0.508. The number of nitrogens with one attached hydrogen (secondary N) is 2. The topological polar surface area (TPSA) is 40.7 Å². The van der Waals surface area contributed by atoms with Crippen LogP contribution in [0.5, 0.6) is 0 Å². The monoisotopic (exact) mass is 217 g/mol. The number of para-hydroxylation sites is 2. The fraction of sp³-hybridized carbons (Fsp3) is 0.462. The summed E-state index contributed by atoms with van der Waals surface area (Å²) < 4.78 is 0. The quantitative estimate of drug-likeness (QED) is 0.826. The summed E-state index contributed by atoms with van der Waals surface area (Å²) in [7, 11) is 0. The molecule has 0 radical (unpaired) electrons. The van der Waals surface area contributed by atoms with Crippen LogP contribution in [0.1, 0.15) is 26.6 Å². The number of aromatic nitrogens is 2. The molecule has 0 amide bonds. The Balaban J connectivity index is 2.05. The Kier molecular flexibility index (Phi) is 3.25. The molecule has 16 heavy (non-hydrogen) atoms. The van der Waals surface area contributed by atoms with Crippen molar-refractivity contribution < 1.29 is 0 Å². The lowest BCUT2D eigenvalue weighted by molar-refractivity contribution is 0.422. The second kappa shape index (κ2) is 4.66. The van der Waals surface area contributed by atoms with Crippen LogP contribution < -0.4 is 5.32 Å². The van der Waals surface area contributed by atoms with E-state index in [1.165, 1.54) is 0 Å². The van der Waals surface area contributed by atoms with Gasteiger partial charge in [0.05, 0.1) is 17.6 Å². The summed E-state index contributed by atoms with van der Waals surface area (Å²) in [6.07, 6.45) is 0. The van der Waals surface area contributed by atoms with Gasteiger partial charge in [-0.3, -0.25) is 0 Å². The number of nitrogens with zero attached hydrogens (tertiary/aromatic N) is 1. The van der Waals surface area contributed by atoms with Crippen molar-refractivity contribution in [3.05, 3.63) is 30.1 Å². The molecule has 1 aromatic carbocycles. The fourth-order valence-electron chi connectivity index (χ4n) is 1.58. The van der Waals surface area contributed by atoms with E-state index in [0.717, 1.165) is 23.4 Å². The Hall–Kier alpha value is -1.35. The summed E-state index contributed by atoms with van der Waals surface area (Å²) in [5.74, 6) is 1.65. The van der Waals surface area contributed by atoms with E-state index in [4.69, 9.17) is 0 Å². The largest absolute Gasteiger partial charge is 0.341 e. The molecule has 3 heteroatoms. The molecule has 0 spiro atoms. The SMILES string of the molecule is CC(C)C(C)NCc1nc2ccccc2[nH]1. The Morgan fingerprint density at radius 3 is 2.69 bits per heavy atom. The number of fused-ring (bicyclic) bond motifs is 1. The zero-order valence-electron chi connectivity index (χ0n) is 10.1. The summed E-state index contributed by atoms with van der Waals surface area (Å²) in [5, 5.41) is 3.47. The number of hydrogen-bond donors (Lipinski definition) is 2. The zero-order chi connectivity index (χ0) is 11.5. The van der Waals surface area contributed by atoms with Crippen molar-refractivity contribution in [1.82, 2.24) is 15.3 Å². The Morgan fingerprint density at radius 2 is 2.00 bits per heavy atom. The first kappa shape index (κ1) is 11.1. The highest BCUT2D eigenvalue weighted by atomic mass is 15.0. The van der Waals surface area contributed by atoms with Gasteiger partial charge in [-0.2, -0.15) is 0 Å². The lowest BCUT2D eigenvalue weighted by atomic mass is 10.1. The minimum Gasteiger partial charge on any atom is -0.341 e. The molecule has 3 nitrogen and oxygen atoms in total. The highest BCUT2D eigenvalue weighted by Gasteiger charge is 2.07. The van der Waals surface area contributed by atoms with E-state index in [1.807, 2.05) is 18.2 Å². The number of aromatic amines is 1. The third kappa shape index (κ3) is 2.42. The van der Waals surface area contributed by atoms with Crippen molar-refractivity contribution in [3.8, 4) is 0 Å². The van der Waals surface area contributed by atoms with Gasteiger partial charge in [0, 0.05) is 6.04 Å². The maximum atomic E-state index is 4.53. The average Bonchev–Trinajstić information content (AvgIpc) is 2.68. The molecule has 2 aromatic rings. The van der Waals surface area contributed by atoms with Crippen molar-refractivity contribution >= 4 is 11.0 Å². The Bertz CT molecular complexity index is 426. The molecule has 0 aliphatic heterocycles. The second-order valence-corrected chi connectivity index (χ2v) is 4.61. The van der Waals surface area contributed by atoms with Gasteiger partial charge in [-0.15, -0.1) is 0 Å². The molecule has 0 fully saturated rings. The Morgan fingerprint density at radius 1 is 1.25 bits per heavy atom. The third-order valence-corrected chi connectivity index (χ3v) is 3.03. The van der Waals surface area contributed by atoms with E-state index in [9.17, 15) is 0 Å². The highest BCUT2D eigenvalue weighted by Crippen LogP contribution is 2.10. The van der Waals surface area contributed by atoms with Gasteiger partial charge in [-0.25, -0.2) is 4.98 Å². The summed E-state index contributed by atoms with van der Waals surface area (Å²) in [4.78, 5) is 7.84. The number of rotatable bonds is 4. The van der Waals surface area contributed by atoms with Gasteiger partial charge in [-0.05, 0) is 25.0 Å². The van der Waals surface area contributed by atoms with Gasteiger partial charge in [0.25, 0.3) is 0 Å². The molecule has 1 unspecified atom stereocenters. The first-order chi connectivity index (χ1) is 7.66. The molecular weight excluding hydrogens is 198 g/mol. The third-order valence-electron chi connectivity index (χ3n) is 3.03. The van der Waals surface area contributed by atoms with Gasteiger partial charge >= 0.3 is 0 Å². The van der Waals surface area contributed by atoms with Crippen molar-refractivity contribution in [2.45, 2.75) is 33.4 Å². The van der Waals surface area contributed by atoms with Crippen LogP contribution >= 0.6 is 0 Å². The van der Waals surface area contributed by atoms with Crippen LogP contribution in [0.2, 0.25) is 0 Å². The lowest BCUT2D eigenvalue weighted by Gasteiger charge is -2.16. The molecule has 1 atom stereocenters. The highest BCUT2D eigenvalue weighted by molar-refractivity contribution is 5.74. The van der Waals surface area contributed by atoms with E-state index in [0.29, 0.717) is 12.0 Å². The molecule has 0 aliphatic carbocycles. The van der Waals surface area contributed by atoms with E-state index in [-0.39, 0.29) is 0 Å². The van der Waals surface area contributed by atoms with Crippen molar-refractivity contribution in [2.24, 2.45) is 5.92 Å². The standard InChI is InChI=1S/C13H19N3/c1-9(2)10(3)14-8-13-15-11-6-4-5-7-12(11)16-13/h4-7,9-10,14H,8H2,1-3H3,(H,15,16). The normalized spacial score (nSPS) is 13.5. The molecular formula is C13H19N3. The summed E-state index contributed by atoms with van der Waals surface area (Å²) in [6.45, 7) is 7.44. The predicted molar refractivity (Wildman–Crippen MR) is 67.2 cm³/mol. The summed E-state index contributed by atoms with van der Waals surface area (Å²) in [5.41, 5.74) is 2.15. The van der Waals surface area contributed by atoms with E-state index >= 15 is 0 Å². The van der Waals surface area contributed by atoms with Crippen LogP contribution in [-0.2, 0) is 6.54 Å². The number of H-pyrrole nitrogens is 1. The van der Waals surface area contributed by atoms with Crippen molar-refractivity contribution in [2.75, 3.05) is 0 Å². The van der Waals surface area contributed by atoms with E-state index in [1.54, 1.807) is 0 Å². The predicted octanol–water partition coefficient (Wildman–Crippen LogP) is 2.70. The lowest BCUT2D eigenvalue weighted by Crippen LogP contribution is -2.30. The summed E-state index contributed by atoms with van der Waals surface area (Å²) in [6, 6.07) is 8.62. The van der Waals surface area contributed by atoms with Gasteiger partial charge < -0.3 is 10.3 Å². The smallest absolute Gasteiger partial charge is 0.121 e. The molecule has 0 saturated carbocycles. The van der Waals surface area contributed by atoms with Crippen molar-refractivity contribution in [1.29, 1.82) is 0 Å². The van der Waals surface area contributed by atoms with Crippen molar-refractivity contribution in [3.63, 3.8) is 0 Å². The van der Waals surface area contributed by atoms with Crippen LogP contribution in [-0.4, -0.2) is 16.0 Å². The molecule has 0 bridgehead atoms. The molecule has 86 valence electrons. The summed E-state index contributed by atoms with van der Waals surface area (Å²) >= 11 is 0. The molecule has 0 aliphatic rings. The molecule has 2 rings (SSSR count). The first-order valence-electron chi connectivity index (χ1n) is 5.84. The zero-order valence-corrected chi connectivity index (χ0v) is 10.1.